The number of rotatable bonds is 3. The van der Waals surface area contributed by atoms with Crippen LogP contribution < -0.4 is 0 Å². The Hall–Kier alpha value is -1.10. The van der Waals surface area contributed by atoms with Crippen LogP contribution in [0, 0.1) is 5.92 Å². The fourth-order valence-corrected chi connectivity index (χ4v) is 3.38. The van der Waals surface area contributed by atoms with Gasteiger partial charge in [0, 0.05) is 24.9 Å². The summed E-state index contributed by atoms with van der Waals surface area (Å²) in [6, 6.07) is 9.60. The first kappa shape index (κ1) is 17.3. The van der Waals surface area contributed by atoms with E-state index in [2.05, 4.69) is 25.8 Å². The van der Waals surface area contributed by atoms with Gasteiger partial charge in [0.15, 0.2) is 0 Å². The van der Waals surface area contributed by atoms with E-state index in [1.54, 1.807) is 12.1 Å². The maximum Gasteiger partial charge on any atom is 0.338 e. The van der Waals surface area contributed by atoms with E-state index in [1.807, 2.05) is 18.2 Å². The van der Waals surface area contributed by atoms with Crippen molar-refractivity contribution in [1.29, 1.82) is 0 Å². The summed E-state index contributed by atoms with van der Waals surface area (Å²) in [4.78, 5) is 14.8. The number of hydrogen-bond acceptors (Lipinski definition) is 4. The zero-order valence-corrected chi connectivity index (χ0v) is 14.1. The molecule has 2 aliphatic heterocycles. The molecule has 122 valence electrons. The summed E-state index contributed by atoms with van der Waals surface area (Å²) in [7, 11) is 2.12. The van der Waals surface area contributed by atoms with E-state index >= 15 is 0 Å². The van der Waals surface area contributed by atoms with Gasteiger partial charge in [0.2, 0.25) is 0 Å². The summed E-state index contributed by atoms with van der Waals surface area (Å²) in [6.45, 7) is 5.95. The standard InChI is InChI=1S/C17H23NO3.ClH/c1-12-10-18(3)13(2)9-17(12,15-11-20-15)21-16(19)14-7-5-4-6-8-14;/h4-8,12-13,15H,9-11H2,1-3H3;1H. The van der Waals surface area contributed by atoms with Gasteiger partial charge in [-0.25, -0.2) is 4.79 Å². The quantitative estimate of drug-likeness (QED) is 0.633. The molecule has 1 aromatic carbocycles. The molecular weight excluding hydrogens is 302 g/mol. The molecule has 0 radical (unpaired) electrons. The van der Waals surface area contributed by atoms with E-state index in [4.69, 9.17) is 9.47 Å². The first-order valence-electron chi connectivity index (χ1n) is 7.63. The second-order valence-electron chi connectivity index (χ2n) is 6.43. The molecule has 0 aromatic heterocycles. The van der Waals surface area contributed by atoms with Crippen LogP contribution in [0.2, 0.25) is 0 Å². The van der Waals surface area contributed by atoms with Crippen LogP contribution in [0.1, 0.15) is 30.6 Å². The van der Waals surface area contributed by atoms with Crippen molar-refractivity contribution in [2.24, 2.45) is 5.92 Å². The van der Waals surface area contributed by atoms with Gasteiger partial charge in [0.25, 0.3) is 0 Å². The smallest absolute Gasteiger partial charge is 0.338 e. The molecule has 1 aromatic rings. The minimum atomic E-state index is -0.487. The van der Waals surface area contributed by atoms with Crippen LogP contribution in [-0.2, 0) is 9.47 Å². The van der Waals surface area contributed by atoms with Crippen molar-refractivity contribution in [3.05, 3.63) is 35.9 Å². The van der Waals surface area contributed by atoms with Gasteiger partial charge in [-0.1, -0.05) is 25.1 Å². The Morgan fingerprint density at radius 3 is 2.55 bits per heavy atom. The average Bonchev–Trinajstić information content (AvgIpc) is 3.30. The Labute approximate surface area is 138 Å². The lowest BCUT2D eigenvalue weighted by molar-refractivity contribution is -0.107. The molecule has 4 unspecified atom stereocenters. The summed E-state index contributed by atoms with van der Waals surface area (Å²) in [5.74, 6) is 0.0218. The molecule has 5 heteroatoms. The maximum atomic E-state index is 12.5. The Kier molecular flexibility index (Phi) is 5.15. The molecule has 2 aliphatic rings. The molecule has 2 saturated heterocycles. The number of halogens is 1. The number of epoxide rings is 1. The topological polar surface area (TPSA) is 42.1 Å². The van der Waals surface area contributed by atoms with Crippen molar-refractivity contribution in [3.8, 4) is 0 Å². The van der Waals surface area contributed by atoms with Gasteiger partial charge in [0.05, 0.1) is 12.2 Å². The van der Waals surface area contributed by atoms with Gasteiger partial charge in [0.1, 0.15) is 11.7 Å². The van der Waals surface area contributed by atoms with Crippen LogP contribution in [0.25, 0.3) is 0 Å². The van der Waals surface area contributed by atoms with Crippen molar-refractivity contribution in [2.45, 2.75) is 38.0 Å². The van der Waals surface area contributed by atoms with Gasteiger partial charge in [-0.3, -0.25) is 0 Å². The van der Waals surface area contributed by atoms with Crippen molar-refractivity contribution < 1.29 is 14.3 Å². The maximum absolute atomic E-state index is 12.5. The first-order chi connectivity index (χ1) is 10.0. The third kappa shape index (κ3) is 3.14. The number of esters is 1. The molecule has 22 heavy (non-hydrogen) atoms. The van der Waals surface area contributed by atoms with Gasteiger partial charge in [-0.05, 0) is 26.1 Å². The Bertz CT molecular complexity index is 520. The van der Waals surface area contributed by atoms with Crippen LogP contribution in [0.3, 0.4) is 0 Å². The monoisotopic (exact) mass is 325 g/mol. The molecular formula is C17H24ClNO3. The Balaban J connectivity index is 0.00000176. The highest BCUT2D eigenvalue weighted by Gasteiger charge is 2.56. The number of hydrogen-bond donors (Lipinski definition) is 0. The second-order valence-corrected chi connectivity index (χ2v) is 6.43. The summed E-state index contributed by atoms with van der Waals surface area (Å²) in [6.07, 6.45) is 0.879. The molecule has 2 heterocycles. The molecule has 4 atom stereocenters. The van der Waals surface area contributed by atoms with Crippen LogP contribution in [0.5, 0.6) is 0 Å². The predicted molar refractivity (Wildman–Crippen MR) is 87.4 cm³/mol. The predicted octanol–water partition coefficient (Wildman–Crippen LogP) is 2.76. The van der Waals surface area contributed by atoms with Crippen molar-refractivity contribution in [2.75, 3.05) is 20.2 Å². The lowest BCUT2D eigenvalue weighted by Gasteiger charge is -2.47. The van der Waals surface area contributed by atoms with E-state index < -0.39 is 5.60 Å². The largest absolute Gasteiger partial charge is 0.452 e. The van der Waals surface area contributed by atoms with Crippen LogP contribution in [0.4, 0.5) is 0 Å². The third-order valence-electron chi connectivity index (χ3n) is 4.93. The SMILES string of the molecule is CC1CC(OC(=O)c2ccccc2)(C2CO2)C(C)CN1C.Cl. The molecule has 0 amide bonds. The highest BCUT2D eigenvalue weighted by atomic mass is 35.5. The Morgan fingerprint density at radius 2 is 1.95 bits per heavy atom. The molecule has 0 aliphatic carbocycles. The molecule has 2 fully saturated rings. The van der Waals surface area contributed by atoms with E-state index in [9.17, 15) is 4.79 Å². The highest BCUT2D eigenvalue weighted by Crippen LogP contribution is 2.43. The molecule has 0 spiro atoms. The summed E-state index contributed by atoms with van der Waals surface area (Å²) >= 11 is 0. The van der Waals surface area contributed by atoms with E-state index in [-0.39, 0.29) is 30.4 Å². The first-order valence-corrected chi connectivity index (χ1v) is 7.63. The van der Waals surface area contributed by atoms with E-state index in [1.165, 1.54) is 0 Å². The van der Waals surface area contributed by atoms with Gasteiger partial charge in [-0.15, -0.1) is 12.4 Å². The minimum absolute atomic E-state index is 0. The number of piperidine rings is 1. The van der Waals surface area contributed by atoms with Crippen molar-refractivity contribution in [1.82, 2.24) is 4.90 Å². The summed E-state index contributed by atoms with van der Waals surface area (Å²) < 4.78 is 11.6. The number of ether oxygens (including phenoxy) is 2. The number of benzene rings is 1. The number of nitrogens with zero attached hydrogens (tertiary/aromatic N) is 1. The van der Waals surface area contributed by atoms with Gasteiger partial charge >= 0.3 is 5.97 Å². The third-order valence-corrected chi connectivity index (χ3v) is 4.93. The molecule has 0 bridgehead atoms. The van der Waals surface area contributed by atoms with E-state index in [0.29, 0.717) is 18.2 Å². The average molecular weight is 326 g/mol. The van der Waals surface area contributed by atoms with Crippen LogP contribution in [0.15, 0.2) is 30.3 Å². The van der Waals surface area contributed by atoms with Crippen molar-refractivity contribution in [3.63, 3.8) is 0 Å². The zero-order chi connectivity index (χ0) is 15.0. The lowest BCUT2D eigenvalue weighted by Crippen LogP contribution is -2.58. The second kappa shape index (κ2) is 6.57. The lowest BCUT2D eigenvalue weighted by atomic mass is 9.76. The number of carbonyl (C=O) groups is 1. The van der Waals surface area contributed by atoms with Crippen LogP contribution in [-0.4, -0.2) is 48.8 Å². The number of likely N-dealkylation sites (tertiary alicyclic amines) is 1. The zero-order valence-electron chi connectivity index (χ0n) is 13.3. The molecule has 0 saturated carbocycles. The fraction of sp³-hybridized carbons (Fsp3) is 0.588. The van der Waals surface area contributed by atoms with Crippen LogP contribution >= 0.6 is 12.4 Å². The van der Waals surface area contributed by atoms with Gasteiger partial charge in [-0.2, -0.15) is 0 Å². The van der Waals surface area contributed by atoms with Gasteiger partial charge < -0.3 is 14.4 Å². The van der Waals surface area contributed by atoms with Crippen molar-refractivity contribution >= 4 is 18.4 Å². The Morgan fingerprint density at radius 1 is 1.32 bits per heavy atom. The number of carbonyl (C=O) groups excluding carboxylic acids is 1. The summed E-state index contributed by atoms with van der Waals surface area (Å²) in [5.41, 5.74) is 0.120. The fourth-order valence-electron chi connectivity index (χ4n) is 3.38. The highest BCUT2D eigenvalue weighted by molar-refractivity contribution is 5.89. The summed E-state index contributed by atoms with van der Waals surface area (Å²) in [5, 5.41) is 0. The minimum Gasteiger partial charge on any atom is -0.452 e. The molecule has 3 rings (SSSR count). The molecule has 0 N–H and O–H groups in total. The molecule has 4 nitrogen and oxygen atoms in total. The van der Waals surface area contributed by atoms with E-state index in [0.717, 1.165) is 13.0 Å². The normalized spacial score (nSPS) is 34.6.